The van der Waals surface area contributed by atoms with Crippen LogP contribution in [0.1, 0.15) is 22.7 Å². The van der Waals surface area contributed by atoms with Crippen molar-refractivity contribution in [2.75, 3.05) is 7.05 Å². The number of carbonyl (C=O) groups excluding carboxylic acids is 1. The second-order valence-electron chi connectivity index (χ2n) is 4.87. The minimum absolute atomic E-state index is 0.0920. The van der Waals surface area contributed by atoms with Crippen molar-refractivity contribution < 1.29 is 9.32 Å². The summed E-state index contributed by atoms with van der Waals surface area (Å²) in [4.78, 5) is 41.0. The lowest BCUT2D eigenvalue weighted by atomic mass is 10.1. The van der Waals surface area contributed by atoms with Gasteiger partial charge >= 0.3 is 5.69 Å². The molecule has 112 valence electrons. The molecule has 0 radical (unpaired) electrons. The van der Waals surface area contributed by atoms with Crippen molar-refractivity contribution in [3.8, 4) is 0 Å². The van der Waals surface area contributed by atoms with Gasteiger partial charge in [-0.2, -0.15) is 0 Å². The number of aromatic amines is 2. The molecule has 0 aliphatic heterocycles. The van der Waals surface area contributed by atoms with Gasteiger partial charge in [0.25, 0.3) is 5.56 Å². The van der Waals surface area contributed by atoms with Crippen LogP contribution in [0.4, 0.5) is 0 Å². The Bertz CT molecular complexity index is 771. The van der Waals surface area contributed by atoms with Crippen molar-refractivity contribution in [1.29, 1.82) is 0 Å². The van der Waals surface area contributed by atoms with E-state index in [1.54, 1.807) is 27.0 Å². The maximum atomic E-state index is 12.1. The van der Waals surface area contributed by atoms with E-state index >= 15 is 0 Å². The summed E-state index contributed by atoms with van der Waals surface area (Å²) in [5, 5.41) is 3.81. The highest BCUT2D eigenvalue weighted by Crippen LogP contribution is 2.06. The first kappa shape index (κ1) is 14.8. The first-order chi connectivity index (χ1) is 9.86. The zero-order valence-corrected chi connectivity index (χ0v) is 12.0. The molecule has 0 atom stereocenters. The molecule has 0 saturated heterocycles. The molecule has 2 heterocycles. The third kappa shape index (κ3) is 3.47. The second-order valence-corrected chi connectivity index (χ2v) is 4.87. The third-order valence-electron chi connectivity index (χ3n) is 3.08. The quantitative estimate of drug-likeness (QED) is 0.815. The van der Waals surface area contributed by atoms with Crippen molar-refractivity contribution >= 4 is 5.91 Å². The predicted molar refractivity (Wildman–Crippen MR) is 73.8 cm³/mol. The summed E-state index contributed by atoms with van der Waals surface area (Å²) in [5.41, 5.74) is 0.149. The molecule has 2 N–H and O–H groups in total. The molecule has 0 aliphatic rings. The molecule has 0 unspecified atom stereocenters. The van der Waals surface area contributed by atoms with Gasteiger partial charge in [-0.15, -0.1) is 0 Å². The number of rotatable bonds is 4. The highest BCUT2D eigenvalue weighted by atomic mass is 16.5. The summed E-state index contributed by atoms with van der Waals surface area (Å²) in [7, 11) is 1.61. The van der Waals surface area contributed by atoms with Crippen LogP contribution >= 0.6 is 0 Å². The van der Waals surface area contributed by atoms with Crippen molar-refractivity contribution in [3.05, 3.63) is 49.6 Å². The maximum Gasteiger partial charge on any atom is 0.325 e. The molecule has 0 spiro atoms. The highest BCUT2D eigenvalue weighted by molar-refractivity contribution is 5.78. The molecule has 8 heteroatoms. The van der Waals surface area contributed by atoms with Crippen LogP contribution in [0.5, 0.6) is 0 Å². The van der Waals surface area contributed by atoms with Gasteiger partial charge < -0.3 is 14.4 Å². The number of carbonyl (C=O) groups is 1. The smallest absolute Gasteiger partial charge is 0.325 e. The highest BCUT2D eigenvalue weighted by Gasteiger charge is 2.16. The molecule has 0 saturated carbocycles. The minimum atomic E-state index is -0.583. The average Bonchev–Trinajstić information content (AvgIpc) is 2.78. The van der Waals surface area contributed by atoms with Gasteiger partial charge in [-0.3, -0.25) is 14.6 Å². The SMILES string of the molecule is Cc1cc(CN(C)C(=O)Cc2c(C)[nH]c(=O)[nH]c2=O)no1. The number of hydrogen-bond donors (Lipinski definition) is 2. The Morgan fingerprint density at radius 1 is 1.33 bits per heavy atom. The van der Waals surface area contributed by atoms with Gasteiger partial charge in [0.05, 0.1) is 13.0 Å². The Kier molecular flexibility index (Phi) is 4.06. The molecule has 0 aromatic carbocycles. The number of amides is 1. The van der Waals surface area contributed by atoms with Crippen molar-refractivity contribution in [2.24, 2.45) is 0 Å². The summed E-state index contributed by atoms with van der Waals surface area (Å²) in [5.74, 6) is 0.412. The number of hydrogen-bond acceptors (Lipinski definition) is 5. The van der Waals surface area contributed by atoms with Crippen LogP contribution in [0.25, 0.3) is 0 Å². The van der Waals surface area contributed by atoms with E-state index in [1.165, 1.54) is 4.90 Å². The van der Waals surface area contributed by atoms with E-state index in [1.807, 2.05) is 0 Å². The van der Waals surface area contributed by atoms with Gasteiger partial charge in [0, 0.05) is 24.4 Å². The van der Waals surface area contributed by atoms with Gasteiger partial charge in [-0.1, -0.05) is 5.16 Å². The van der Waals surface area contributed by atoms with Gasteiger partial charge in [0.2, 0.25) is 5.91 Å². The second kappa shape index (κ2) is 5.78. The summed E-state index contributed by atoms with van der Waals surface area (Å²) in [6, 6.07) is 1.74. The van der Waals surface area contributed by atoms with E-state index in [9.17, 15) is 14.4 Å². The first-order valence-corrected chi connectivity index (χ1v) is 6.35. The van der Waals surface area contributed by atoms with Gasteiger partial charge in [-0.05, 0) is 13.8 Å². The summed E-state index contributed by atoms with van der Waals surface area (Å²) < 4.78 is 4.93. The topological polar surface area (TPSA) is 112 Å². The zero-order valence-electron chi connectivity index (χ0n) is 12.0. The first-order valence-electron chi connectivity index (χ1n) is 6.35. The van der Waals surface area contributed by atoms with Crippen LogP contribution < -0.4 is 11.2 Å². The van der Waals surface area contributed by atoms with Crippen LogP contribution in [0.15, 0.2) is 20.2 Å². The number of nitrogens with one attached hydrogen (secondary N) is 2. The standard InChI is InChI=1S/C13H16N4O4/c1-7-4-9(16-21-7)6-17(3)11(18)5-10-8(2)14-13(20)15-12(10)19/h4H,5-6H2,1-3H3,(H2,14,15,19,20). The summed E-state index contributed by atoms with van der Waals surface area (Å²) in [6.45, 7) is 3.64. The lowest BCUT2D eigenvalue weighted by Crippen LogP contribution is -2.33. The average molecular weight is 292 g/mol. The predicted octanol–water partition coefficient (Wildman–Crippen LogP) is -0.131. The molecule has 0 fully saturated rings. The number of aromatic nitrogens is 3. The molecule has 2 aromatic rings. The Morgan fingerprint density at radius 3 is 2.62 bits per heavy atom. The number of H-pyrrole nitrogens is 2. The molecule has 8 nitrogen and oxygen atoms in total. The molecule has 2 aromatic heterocycles. The number of likely N-dealkylation sites (N-methyl/N-ethyl adjacent to an activating group) is 1. The number of nitrogens with zero attached hydrogens (tertiary/aromatic N) is 2. The molecule has 1 amide bonds. The zero-order chi connectivity index (χ0) is 15.6. The van der Waals surface area contributed by atoms with Crippen LogP contribution in [-0.4, -0.2) is 33.0 Å². The largest absolute Gasteiger partial charge is 0.361 e. The maximum absolute atomic E-state index is 12.1. The minimum Gasteiger partial charge on any atom is -0.361 e. The Balaban J connectivity index is 2.11. The monoisotopic (exact) mass is 292 g/mol. The molecule has 2 rings (SSSR count). The fourth-order valence-electron chi connectivity index (χ4n) is 1.95. The van der Waals surface area contributed by atoms with E-state index in [0.29, 0.717) is 17.1 Å². The van der Waals surface area contributed by atoms with Gasteiger partial charge in [0.15, 0.2) is 0 Å². The Morgan fingerprint density at radius 2 is 2.05 bits per heavy atom. The van der Waals surface area contributed by atoms with E-state index in [0.717, 1.165) is 0 Å². The molecule has 0 bridgehead atoms. The number of aryl methyl sites for hydroxylation is 2. The van der Waals surface area contributed by atoms with Crippen LogP contribution in [0, 0.1) is 13.8 Å². The summed E-state index contributed by atoms with van der Waals surface area (Å²) in [6.07, 6.45) is -0.0920. The fraction of sp³-hybridized carbons (Fsp3) is 0.385. The van der Waals surface area contributed by atoms with Gasteiger partial charge in [-0.25, -0.2) is 4.79 Å². The Labute approximate surface area is 119 Å². The molecule has 0 aliphatic carbocycles. The van der Waals surface area contributed by atoms with E-state index in [2.05, 4.69) is 15.1 Å². The summed E-state index contributed by atoms with van der Waals surface area (Å²) >= 11 is 0. The fourth-order valence-corrected chi connectivity index (χ4v) is 1.95. The van der Waals surface area contributed by atoms with Crippen molar-refractivity contribution in [1.82, 2.24) is 20.0 Å². The molecular weight excluding hydrogens is 276 g/mol. The van der Waals surface area contributed by atoms with Crippen LogP contribution in [0.2, 0.25) is 0 Å². The van der Waals surface area contributed by atoms with Crippen molar-refractivity contribution in [2.45, 2.75) is 26.8 Å². The molecule has 21 heavy (non-hydrogen) atoms. The van der Waals surface area contributed by atoms with Crippen LogP contribution in [-0.2, 0) is 17.8 Å². The Hall–Kier alpha value is -2.64. The van der Waals surface area contributed by atoms with E-state index < -0.39 is 11.2 Å². The normalized spacial score (nSPS) is 10.6. The third-order valence-corrected chi connectivity index (χ3v) is 3.08. The van der Waals surface area contributed by atoms with E-state index in [4.69, 9.17) is 4.52 Å². The molecular formula is C13H16N4O4. The van der Waals surface area contributed by atoms with Crippen molar-refractivity contribution in [3.63, 3.8) is 0 Å². The van der Waals surface area contributed by atoms with Gasteiger partial charge in [0.1, 0.15) is 11.5 Å². The van der Waals surface area contributed by atoms with E-state index in [-0.39, 0.29) is 24.4 Å². The lowest BCUT2D eigenvalue weighted by Gasteiger charge is -2.15. The van der Waals surface area contributed by atoms with Crippen LogP contribution in [0.3, 0.4) is 0 Å². The lowest BCUT2D eigenvalue weighted by molar-refractivity contribution is -0.129.